The molecule has 0 amide bonds. The minimum absolute atomic E-state index is 0.0813. The van der Waals surface area contributed by atoms with Crippen LogP contribution >= 0.6 is 35.3 Å². The van der Waals surface area contributed by atoms with Gasteiger partial charge in [0.2, 0.25) is 0 Å². The lowest BCUT2D eigenvalue weighted by Gasteiger charge is -2.22. The summed E-state index contributed by atoms with van der Waals surface area (Å²) in [7, 11) is 0. The topological polar surface area (TPSA) is 131 Å². The lowest BCUT2D eigenvalue weighted by molar-refractivity contribution is 0.660. The molecule has 0 saturated heterocycles. The van der Waals surface area contributed by atoms with Crippen molar-refractivity contribution in [2.24, 2.45) is 0 Å². The van der Waals surface area contributed by atoms with Gasteiger partial charge in [0.25, 0.3) is 0 Å². The first-order valence-electron chi connectivity index (χ1n) is 46.3. The molecule has 0 atom stereocenters. The molecule has 0 aliphatic heterocycles. The molecule has 0 spiro atoms. The molecule has 8 aromatic heterocycles. The fraction of sp³-hybridized carbons (Fsp3) is 0.0488. The summed E-state index contributed by atoms with van der Waals surface area (Å²) in [5.74, 6) is 1.31. The van der Waals surface area contributed by atoms with Crippen molar-refractivity contribution in [1.29, 1.82) is 0 Å². The molecule has 138 heavy (non-hydrogen) atoms. The minimum atomic E-state index is -0.0970. The molecule has 0 bridgehead atoms. The van der Waals surface area contributed by atoms with Crippen LogP contribution in [0.5, 0.6) is 0 Å². The van der Waals surface area contributed by atoms with Gasteiger partial charge in [-0.05, 0) is 230 Å². The van der Waals surface area contributed by atoms with E-state index in [0.717, 1.165) is 104 Å². The van der Waals surface area contributed by atoms with E-state index in [9.17, 15) is 0 Å². The number of nitrogens with zero attached hydrogens (tertiary/aromatic N) is 12. The van der Waals surface area contributed by atoms with Crippen LogP contribution < -0.4 is 0 Å². The highest BCUT2D eigenvalue weighted by molar-refractivity contribution is 7.99. The Labute approximate surface area is 811 Å². The van der Waals surface area contributed by atoms with Crippen LogP contribution in [-0.2, 0) is 10.8 Å². The van der Waals surface area contributed by atoms with E-state index in [1.165, 1.54) is 110 Å². The van der Waals surface area contributed by atoms with Gasteiger partial charge in [0.1, 0.15) is 0 Å². The second-order valence-corrected chi connectivity index (χ2v) is 38.7. The number of benzene rings is 16. The van der Waals surface area contributed by atoms with Gasteiger partial charge in [0, 0.05) is 127 Å². The van der Waals surface area contributed by atoms with Gasteiger partial charge in [-0.25, -0.2) is 34.9 Å². The first-order valence-corrected chi connectivity index (χ1v) is 48.7. The summed E-state index contributed by atoms with van der Waals surface area (Å²) in [5, 5.41) is 9.54. The Morgan fingerprint density at radius 1 is 0.210 bits per heavy atom. The Bertz CT molecular complexity index is 8660. The third kappa shape index (κ3) is 15.7. The van der Waals surface area contributed by atoms with Gasteiger partial charge in [-0.2, -0.15) is 0 Å². The summed E-state index contributed by atoms with van der Waals surface area (Å²) in [6, 6.07) is 150. The van der Waals surface area contributed by atoms with Gasteiger partial charge >= 0.3 is 0 Å². The third-order valence-corrected chi connectivity index (χ3v) is 29.2. The quantitative estimate of drug-likeness (QED) is 0.0854. The van der Waals surface area contributed by atoms with Gasteiger partial charge in [-0.1, -0.05) is 313 Å². The van der Waals surface area contributed by atoms with Crippen molar-refractivity contribution in [3.63, 3.8) is 0 Å². The Balaban J connectivity index is 0.000000113. The lowest BCUT2D eigenvalue weighted by Crippen LogP contribution is -2.15. The molecule has 0 fully saturated rings. The molecule has 0 unspecified atom stereocenters. The van der Waals surface area contributed by atoms with E-state index in [1.807, 2.05) is 72.8 Å². The van der Waals surface area contributed by atoms with E-state index in [1.54, 1.807) is 60.1 Å². The highest BCUT2D eigenvalue weighted by Crippen LogP contribution is 2.54. The van der Waals surface area contributed by atoms with Crippen LogP contribution in [-0.4, -0.2) is 58.6 Å². The molecular weight excluding hydrogens is 1740 g/mol. The van der Waals surface area contributed by atoms with Crippen LogP contribution in [0.15, 0.2) is 480 Å². The highest BCUT2D eigenvalue weighted by atomic mass is 32.2. The van der Waals surface area contributed by atoms with E-state index in [-0.39, 0.29) is 10.8 Å². The molecule has 26 rings (SSSR count). The molecular formula is C123H86N12S3. The van der Waals surface area contributed by atoms with Crippen molar-refractivity contribution in [1.82, 2.24) is 58.6 Å². The maximum Gasteiger partial charge on any atom is 0.196 e. The maximum absolute atomic E-state index is 5.18. The van der Waals surface area contributed by atoms with E-state index in [2.05, 4.69) is 403 Å². The number of aromatic nitrogens is 12. The van der Waals surface area contributed by atoms with E-state index >= 15 is 0 Å². The minimum Gasteiger partial charge on any atom is -0.309 e. The standard InChI is InChI=1S/C43H31N3S.C41H29N5S.C39H26N4S/c1-43(2)36-20-9-6-17-32(36)33-24-23-29(25-37(33)43)39-27-38(28-13-4-3-5-14-28)44-42(45-39)47-31-16-12-15-30(26-31)46-40-21-10-7-18-34(40)35-19-8-11-22-41(35)46;1-41(2)32-11-5-3-9-28(32)30-23-31-29-10-4-6-12-36(29)46(38(31)24-33(30)41)37-13-7-8-14-39(37)47-40-44-34(26-15-19-42-20-16-26)25-35(45-40)27-17-21-43-22-18-27;1-3-13-27(14-4-1)29-17-11-18-30(25-29)38-40-37(28-15-5-2-6-16-28)41-39(42-38)44-32-20-12-19-31(26-32)43-35-23-9-7-21-33(35)34-22-8-10-24-36(34)43/h3-27H,1-2H3;3-25H,1-2H3;1-26H. The summed E-state index contributed by atoms with van der Waals surface area (Å²) in [6.07, 6.45) is 7.18. The van der Waals surface area contributed by atoms with Crippen molar-refractivity contribution in [3.05, 3.63) is 472 Å². The van der Waals surface area contributed by atoms with Crippen molar-refractivity contribution < 1.29 is 0 Å². The zero-order valence-corrected chi connectivity index (χ0v) is 78.3. The largest absolute Gasteiger partial charge is 0.309 e. The number of para-hydroxylation sites is 6. The molecule has 0 N–H and O–H groups in total. The average Bonchev–Trinajstić information content (AvgIpc) is 1.55. The molecule has 24 aromatic rings. The van der Waals surface area contributed by atoms with E-state index in [4.69, 9.17) is 34.9 Å². The second-order valence-electron chi connectivity index (χ2n) is 35.6. The fourth-order valence-corrected chi connectivity index (χ4v) is 22.5. The molecule has 15 heteroatoms. The third-order valence-electron chi connectivity index (χ3n) is 26.6. The zero-order valence-electron chi connectivity index (χ0n) is 75.8. The normalized spacial score (nSPS) is 12.6. The van der Waals surface area contributed by atoms with Crippen molar-refractivity contribution in [2.75, 3.05) is 0 Å². The number of hydrogen-bond donors (Lipinski definition) is 0. The molecule has 12 nitrogen and oxygen atoms in total. The molecule has 656 valence electrons. The zero-order chi connectivity index (χ0) is 92.4. The summed E-state index contributed by atoms with van der Waals surface area (Å²) in [6.45, 7) is 9.33. The Morgan fingerprint density at radius 2 is 0.587 bits per heavy atom. The van der Waals surface area contributed by atoms with Gasteiger partial charge < -0.3 is 13.7 Å². The van der Waals surface area contributed by atoms with Gasteiger partial charge in [-0.15, -0.1) is 0 Å². The molecule has 16 aromatic carbocycles. The lowest BCUT2D eigenvalue weighted by atomic mass is 9.82. The number of pyridine rings is 2. The fourth-order valence-electron chi connectivity index (χ4n) is 20.0. The van der Waals surface area contributed by atoms with Crippen molar-refractivity contribution >= 4 is 101 Å². The van der Waals surface area contributed by atoms with Crippen molar-refractivity contribution in [3.8, 4) is 118 Å². The van der Waals surface area contributed by atoms with E-state index < -0.39 is 0 Å². The average molecular weight is 1830 g/mol. The van der Waals surface area contributed by atoms with Crippen LogP contribution in [0.4, 0.5) is 0 Å². The highest BCUT2D eigenvalue weighted by Gasteiger charge is 2.38. The van der Waals surface area contributed by atoms with Crippen LogP contribution in [0.25, 0.3) is 184 Å². The maximum atomic E-state index is 5.18. The molecule has 8 heterocycles. The Kier molecular flexibility index (Phi) is 21.8. The summed E-state index contributed by atoms with van der Waals surface area (Å²) < 4.78 is 7.10. The van der Waals surface area contributed by atoms with E-state index in [0.29, 0.717) is 22.0 Å². The van der Waals surface area contributed by atoms with Gasteiger partial charge in [0.05, 0.1) is 61.6 Å². The monoisotopic (exact) mass is 1830 g/mol. The number of fused-ring (bicyclic) bond motifs is 15. The molecule has 0 radical (unpaired) electrons. The van der Waals surface area contributed by atoms with Crippen molar-refractivity contribution in [2.45, 2.75) is 68.7 Å². The Hall–Kier alpha value is -16.6. The molecule has 0 saturated carbocycles. The first kappa shape index (κ1) is 84.4. The van der Waals surface area contributed by atoms with Crippen LogP contribution in [0.1, 0.15) is 49.9 Å². The second kappa shape index (κ2) is 35.7. The Morgan fingerprint density at radius 3 is 1.12 bits per heavy atom. The number of rotatable bonds is 16. The van der Waals surface area contributed by atoms with Crippen LogP contribution in [0.2, 0.25) is 0 Å². The smallest absolute Gasteiger partial charge is 0.196 e. The predicted octanol–water partition coefficient (Wildman–Crippen LogP) is 31.6. The predicted molar refractivity (Wildman–Crippen MR) is 567 cm³/mol. The van der Waals surface area contributed by atoms with Crippen LogP contribution in [0, 0.1) is 0 Å². The summed E-state index contributed by atoms with van der Waals surface area (Å²) in [4.78, 5) is 46.9. The van der Waals surface area contributed by atoms with Gasteiger partial charge in [0.15, 0.2) is 27.1 Å². The molecule has 2 aliphatic carbocycles. The summed E-state index contributed by atoms with van der Waals surface area (Å²) in [5.41, 5.74) is 32.9. The molecule has 2 aliphatic rings. The van der Waals surface area contributed by atoms with Gasteiger partial charge in [-0.3, -0.25) is 9.97 Å². The first-order chi connectivity index (χ1) is 67.9. The summed E-state index contributed by atoms with van der Waals surface area (Å²) >= 11 is 4.75. The number of hydrogen-bond acceptors (Lipinski definition) is 12. The van der Waals surface area contributed by atoms with Crippen LogP contribution in [0.3, 0.4) is 0 Å². The SMILES string of the molecule is CC1(C)c2ccccc2-c2cc3c4ccccc4n(-c4ccccc4Sc4nc(-c5ccncc5)cc(-c5ccncc5)n4)c3cc21.CC1(C)c2ccccc2-c2ccc(-c3cc(-c4ccccc4)nc(Sc4cccc(-n5c6ccccc6c6ccccc65)c4)n3)cc21.c1ccc(-c2cccc(-c3nc(Sc4cccc(-n5c6ccccc6c6ccccc65)c4)nc(-c4ccccc4)n3)c2)cc1.